The Morgan fingerprint density at radius 2 is 1.96 bits per heavy atom. The highest BCUT2D eigenvalue weighted by atomic mass is 19.4. The van der Waals surface area contributed by atoms with Gasteiger partial charge in [-0.2, -0.15) is 23.5 Å². The summed E-state index contributed by atoms with van der Waals surface area (Å²) >= 11 is 0. The van der Waals surface area contributed by atoms with Crippen LogP contribution in [0.1, 0.15) is 25.0 Å². The van der Waals surface area contributed by atoms with Crippen LogP contribution in [0, 0.1) is 23.7 Å². The van der Waals surface area contributed by atoms with Crippen LogP contribution in [0.15, 0.2) is 24.5 Å². The molecule has 1 aromatic carbocycles. The molecule has 0 saturated heterocycles. The van der Waals surface area contributed by atoms with Crippen LogP contribution in [-0.2, 0) is 12.7 Å². The summed E-state index contributed by atoms with van der Waals surface area (Å²) in [5, 5.41) is 23.5. The molecule has 0 amide bonds. The van der Waals surface area contributed by atoms with E-state index in [-0.39, 0.29) is 22.5 Å². The number of hydrogen-bond acceptors (Lipinski definition) is 5. The van der Waals surface area contributed by atoms with Crippen LogP contribution in [0.25, 0.3) is 22.4 Å². The maximum atomic E-state index is 12.9. The molecule has 0 aliphatic heterocycles. The first-order valence-electron chi connectivity index (χ1n) is 8.03. The third-order valence-electron chi connectivity index (χ3n) is 4.03. The first-order chi connectivity index (χ1) is 12.5. The van der Waals surface area contributed by atoms with Gasteiger partial charge in [-0.15, -0.1) is 0 Å². The fourth-order valence-corrected chi connectivity index (χ4v) is 2.75. The Morgan fingerprint density at radius 3 is 2.56 bits per heavy atom. The van der Waals surface area contributed by atoms with Crippen molar-refractivity contribution in [2.45, 2.75) is 33.5 Å². The SMILES string of the molecule is Cc1cc(C(F)(F)F)cc(O)c1-c1cnc2cn(CC(C)(C)C#N)nc2n1. The molecule has 0 aliphatic carbocycles. The monoisotopic (exact) mass is 375 g/mol. The molecule has 0 unspecified atom stereocenters. The Morgan fingerprint density at radius 1 is 1.26 bits per heavy atom. The van der Waals surface area contributed by atoms with Gasteiger partial charge in [0, 0.05) is 5.56 Å². The standard InChI is InChI=1S/C18H16F3N5O/c1-10-4-11(18(19,20)21)5-14(27)15(10)12-6-23-13-7-26(25-16(13)24-12)9-17(2,3)8-22/h4-7,27H,9H2,1-3H3. The van der Waals surface area contributed by atoms with Gasteiger partial charge in [0.25, 0.3) is 0 Å². The van der Waals surface area contributed by atoms with Gasteiger partial charge in [-0.25, -0.2) is 9.97 Å². The lowest BCUT2D eigenvalue weighted by molar-refractivity contribution is -0.137. The molecule has 0 radical (unpaired) electrons. The average Bonchev–Trinajstić information content (AvgIpc) is 2.94. The van der Waals surface area contributed by atoms with Gasteiger partial charge in [-0.3, -0.25) is 4.68 Å². The lowest BCUT2D eigenvalue weighted by Gasteiger charge is -2.13. The number of benzene rings is 1. The van der Waals surface area contributed by atoms with Crippen molar-refractivity contribution in [1.29, 1.82) is 5.26 Å². The second kappa shape index (κ2) is 6.23. The molecule has 1 N–H and O–H groups in total. The fraction of sp³-hybridized carbons (Fsp3) is 0.333. The summed E-state index contributed by atoms with van der Waals surface area (Å²) in [5.74, 6) is -0.527. The highest BCUT2D eigenvalue weighted by Gasteiger charge is 2.32. The van der Waals surface area contributed by atoms with Crippen LogP contribution in [0.5, 0.6) is 5.75 Å². The Labute approximate surface area is 152 Å². The average molecular weight is 375 g/mol. The van der Waals surface area contributed by atoms with E-state index in [9.17, 15) is 18.3 Å². The summed E-state index contributed by atoms with van der Waals surface area (Å²) in [5.41, 5.74) is -0.191. The third-order valence-corrected chi connectivity index (χ3v) is 4.03. The quantitative estimate of drug-likeness (QED) is 0.745. The zero-order chi connectivity index (χ0) is 20.0. The van der Waals surface area contributed by atoms with Crippen molar-refractivity contribution < 1.29 is 18.3 Å². The summed E-state index contributed by atoms with van der Waals surface area (Å²) in [6.45, 7) is 5.34. The maximum Gasteiger partial charge on any atom is 0.416 e. The van der Waals surface area contributed by atoms with E-state index >= 15 is 0 Å². The number of aryl methyl sites for hydroxylation is 1. The Balaban J connectivity index is 2.05. The molecular weight excluding hydrogens is 359 g/mol. The van der Waals surface area contributed by atoms with Crippen molar-refractivity contribution in [2.24, 2.45) is 5.41 Å². The van der Waals surface area contributed by atoms with Crippen LogP contribution in [0.2, 0.25) is 0 Å². The van der Waals surface area contributed by atoms with E-state index in [1.165, 1.54) is 13.1 Å². The van der Waals surface area contributed by atoms with E-state index in [1.54, 1.807) is 24.7 Å². The number of nitrogens with zero attached hydrogens (tertiary/aromatic N) is 5. The van der Waals surface area contributed by atoms with Crippen molar-refractivity contribution in [3.63, 3.8) is 0 Å². The van der Waals surface area contributed by atoms with Crippen LogP contribution >= 0.6 is 0 Å². The number of phenolic OH excluding ortho intramolecular Hbond substituents is 1. The number of hydrogen-bond donors (Lipinski definition) is 1. The number of rotatable bonds is 3. The number of halogens is 3. The number of aromatic nitrogens is 4. The van der Waals surface area contributed by atoms with Crippen molar-refractivity contribution in [3.8, 4) is 23.1 Å². The molecule has 0 spiro atoms. The molecule has 27 heavy (non-hydrogen) atoms. The van der Waals surface area contributed by atoms with Gasteiger partial charge in [0.05, 0.1) is 41.7 Å². The summed E-state index contributed by atoms with van der Waals surface area (Å²) in [6, 6.07) is 3.80. The highest BCUT2D eigenvalue weighted by molar-refractivity contribution is 5.77. The van der Waals surface area contributed by atoms with Crippen molar-refractivity contribution >= 4 is 11.2 Å². The Bertz CT molecular complexity index is 1040. The summed E-state index contributed by atoms with van der Waals surface area (Å²) in [4.78, 5) is 8.54. The van der Waals surface area contributed by atoms with Gasteiger partial charge in [-0.05, 0) is 38.5 Å². The molecule has 9 heteroatoms. The molecule has 140 valence electrons. The molecule has 0 aliphatic rings. The van der Waals surface area contributed by atoms with Crippen LogP contribution in [0.4, 0.5) is 13.2 Å². The lowest BCUT2D eigenvalue weighted by atomic mass is 9.96. The largest absolute Gasteiger partial charge is 0.507 e. The van der Waals surface area contributed by atoms with Crippen molar-refractivity contribution in [2.75, 3.05) is 0 Å². The van der Waals surface area contributed by atoms with Crippen LogP contribution < -0.4 is 0 Å². The number of aromatic hydroxyl groups is 1. The minimum Gasteiger partial charge on any atom is -0.507 e. The lowest BCUT2D eigenvalue weighted by Crippen LogP contribution is -2.17. The van der Waals surface area contributed by atoms with Crippen molar-refractivity contribution in [3.05, 3.63) is 35.7 Å². The molecule has 2 aromatic heterocycles. The van der Waals surface area contributed by atoms with Crippen LogP contribution in [0.3, 0.4) is 0 Å². The molecule has 6 nitrogen and oxygen atoms in total. The summed E-state index contributed by atoms with van der Waals surface area (Å²) < 4.78 is 40.2. The highest BCUT2D eigenvalue weighted by Crippen LogP contribution is 2.38. The van der Waals surface area contributed by atoms with Crippen LogP contribution in [-0.4, -0.2) is 24.9 Å². The zero-order valence-corrected chi connectivity index (χ0v) is 14.8. The predicted octanol–water partition coefficient (Wildman–Crippen LogP) is 4.08. The topological polar surface area (TPSA) is 87.6 Å². The second-order valence-corrected chi connectivity index (χ2v) is 6.97. The van der Waals surface area contributed by atoms with E-state index in [1.807, 2.05) is 0 Å². The number of fused-ring (bicyclic) bond motifs is 1. The first kappa shape index (κ1) is 18.6. The van der Waals surface area contributed by atoms with Gasteiger partial charge < -0.3 is 5.11 Å². The van der Waals surface area contributed by atoms with E-state index < -0.39 is 22.9 Å². The molecular formula is C18H16F3N5O. The third kappa shape index (κ3) is 3.69. The summed E-state index contributed by atoms with van der Waals surface area (Å²) in [6.07, 6.45) is -1.54. The number of phenols is 1. The first-order valence-corrected chi connectivity index (χ1v) is 8.03. The molecule has 0 fully saturated rings. The minimum absolute atomic E-state index is 0.171. The normalized spacial score (nSPS) is 12.3. The van der Waals surface area contributed by atoms with Gasteiger partial charge >= 0.3 is 6.18 Å². The van der Waals surface area contributed by atoms with Gasteiger partial charge in [0.1, 0.15) is 11.3 Å². The summed E-state index contributed by atoms with van der Waals surface area (Å²) in [7, 11) is 0. The molecule has 3 aromatic rings. The zero-order valence-electron chi connectivity index (χ0n) is 14.8. The minimum atomic E-state index is -4.55. The smallest absolute Gasteiger partial charge is 0.416 e. The number of alkyl halides is 3. The van der Waals surface area contributed by atoms with Gasteiger partial charge in [0.15, 0.2) is 5.65 Å². The second-order valence-electron chi connectivity index (χ2n) is 6.97. The van der Waals surface area contributed by atoms with Crippen molar-refractivity contribution in [1.82, 2.24) is 19.7 Å². The molecule has 0 saturated carbocycles. The molecule has 0 bridgehead atoms. The van der Waals surface area contributed by atoms with E-state index in [0.717, 1.165) is 6.07 Å². The van der Waals surface area contributed by atoms with E-state index in [2.05, 4.69) is 21.1 Å². The number of nitriles is 1. The molecule has 2 heterocycles. The molecule has 0 atom stereocenters. The Hall–Kier alpha value is -3.15. The Kier molecular flexibility index (Phi) is 4.30. The van der Waals surface area contributed by atoms with E-state index in [4.69, 9.17) is 5.26 Å². The predicted molar refractivity (Wildman–Crippen MR) is 91.6 cm³/mol. The fourth-order valence-electron chi connectivity index (χ4n) is 2.75. The van der Waals surface area contributed by atoms with E-state index in [0.29, 0.717) is 18.1 Å². The maximum absolute atomic E-state index is 12.9. The van der Waals surface area contributed by atoms with Gasteiger partial charge in [-0.1, -0.05) is 0 Å². The molecule has 3 rings (SSSR count). The van der Waals surface area contributed by atoms with Gasteiger partial charge in [0.2, 0.25) is 0 Å².